The van der Waals surface area contributed by atoms with Crippen LogP contribution in [0.3, 0.4) is 0 Å². The molecular formula is C19H18F4N4O4. The predicted molar refractivity (Wildman–Crippen MR) is 98.8 cm³/mol. The van der Waals surface area contributed by atoms with Gasteiger partial charge in [-0.15, -0.1) is 0 Å². The Kier molecular flexibility index (Phi) is 5.12. The number of rotatable bonds is 4. The number of halogens is 4. The number of nitrogens with zero attached hydrogens (tertiary/aromatic N) is 3. The van der Waals surface area contributed by atoms with Gasteiger partial charge in [0, 0.05) is 11.8 Å². The van der Waals surface area contributed by atoms with E-state index in [1.165, 1.54) is 17.1 Å². The summed E-state index contributed by atoms with van der Waals surface area (Å²) >= 11 is 0. The topological polar surface area (TPSA) is 127 Å². The number of hydrogen-bond donors (Lipinski definition) is 4. The Hall–Kier alpha value is -2.80. The van der Waals surface area contributed by atoms with Crippen molar-refractivity contribution < 1.29 is 37.6 Å². The second kappa shape index (κ2) is 7.41. The number of anilines is 1. The lowest BCUT2D eigenvalue weighted by atomic mass is 9.87. The Bertz CT molecular complexity index is 1140. The fourth-order valence-corrected chi connectivity index (χ4v) is 3.80. The summed E-state index contributed by atoms with van der Waals surface area (Å²) in [5.74, 6) is -2.98. The van der Waals surface area contributed by atoms with Gasteiger partial charge in [-0.3, -0.25) is 0 Å². The SMILES string of the molecule is C[C@@]1(O)[C@@H]([C@@H](O)c2ccc(F)c(C(F)F)c2F)O[C@@H](n2ccc3c(N)ncnc32)[C@@H]1O. The molecule has 3 heterocycles. The number of aromatic nitrogens is 3. The average molecular weight is 442 g/mol. The summed E-state index contributed by atoms with van der Waals surface area (Å²) in [4.78, 5) is 7.91. The smallest absolute Gasteiger partial charge is 0.269 e. The molecule has 166 valence electrons. The van der Waals surface area contributed by atoms with Gasteiger partial charge in [0.1, 0.15) is 53.3 Å². The van der Waals surface area contributed by atoms with Gasteiger partial charge in [-0.25, -0.2) is 27.5 Å². The first-order valence-corrected chi connectivity index (χ1v) is 9.12. The summed E-state index contributed by atoms with van der Waals surface area (Å²) in [5.41, 5.74) is 1.68. The molecule has 5 N–H and O–H groups in total. The van der Waals surface area contributed by atoms with Gasteiger partial charge in [-0.2, -0.15) is 0 Å². The fourth-order valence-electron chi connectivity index (χ4n) is 3.80. The molecule has 0 unspecified atom stereocenters. The molecule has 1 aliphatic heterocycles. The molecule has 8 nitrogen and oxygen atoms in total. The highest BCUT2D eigenvalue weighted by Crippen LogP contribution is 2.44. The summed E-state index contributed by atoms with van der Waals surface area (Å²) in [5, 5.41) is 32.6. The predicted octanol–water partition coefficient (Wildman–Crippen LogP) is 1.97. The van der Waals surface area contributed by atoms with Crippen molar-refractivity contribution in [3.63, 3.8) is 0 Å². The van der Waals surface area contributed by atoms with Crippen LogP contribution in [0.2, 0.25) is 0 Å². The maximum Gasteiger partial charge on any atom is 0.269 e. The standard InChI is InChI=1S/C19H18F4N4O4/c1-19(30)13(29)18(27-5-4-8-16(24)25-6-26-17(8)27)31-14(19)12(28)7-2-3-9(20)10(11(7)21)15(22)23/h2-6,12-15,18,28-30H,1H3,(H2,24,25,26)/t12-,13-,14+,18+,19-/m0/s1. The number of nitrogen functional groups attached to an aromatic ring is 1. The van der Waals surface area contributed by atoms with Crippen LogP contribution >= 0.6 is 0 Å². The molecule has 5 atom stereocenters. The van der Waals surface area contributed by atoms with Gasteiger partial charge in [0.05, 0.1) is 10.9 Å². The average Bonchev–Trinajstić information content (AvgIpc) is 3.21. The number of fused-ring (bicyclic) bond motifs is 1. The van der Waals surface area contributed by atoms with E-state index < -0.39 is 59.3 Å². The van der Waals surface area contributed by atoms with Gasteiger partial charge in [0.25, 0.3) is 6.43 Å². The van der Waals surface area contributed by atoms with Gasteiger partial charge in [-0.1, -0.05) is 6.07 Å². The van der Waals surface area contributed by atoms with Crippen molar-refractivity contribution in [3.05, 3.63) is 53.5 Å². The van der Waals surface area contributed by atoms with E-state index >= 15 is 0 Å². The minimum Gasteiger partial charge on any atom is -0.385 e. The number of ether oxygens (including phenoxy) is 1. The zero-order valence-corrected chi connectivity index (χ0v) is 16.0. The summed E-state index contributed by atoms with van der Waals surface area (Å²) in [6.07, 6.45) is -7.42. The van der Waals surface area contributed by atoms with Crippen LogP contribution in [0.25, 0.3) is 11.0 Å². The second-order valence-electron chi connectivity index (χ2n) is 7.45. The van der Waals surface area contributed by atoms with E-state index in [4.69, 9.17) is 10.5 Å². The Morgan fingerprint density at radius 2 is 1.94 bits per heavy atom. The van der Waals surface area contributed by atoms with E-state index in [9.17, 15) is 32.9 Å². The summed E-state index contributed by atoms with van der Waals surface area (Å²) < 4.78 is 61.2. The maximum atomic E-state index is 14.5. The molecule has 0 saturated carbocycles. The molecule has 0 amide bonds. The van der Waals surface area contributed by atoms with Crippen molar-refractivity contribution in [2.24, 2.45) is 0 Å². The molecule has 1 aliphatic rings. The minimum absolute atomic E-state index is 0.160. The summed E-state index contributed by atoms with van der Waals surface area (Å²) in [6.45, 7) is 1.13. The van der Waals surface area contributed by atoms with Crippen molar-refractivity contribution in [2.45, 2.75) is 43.5 Å². The molecule has 3 aromatic rings. The van der Waals surface area contributed by atoms with Gasteiger partial charge in [0.15, 0.2) is 6.23 Å². The van der Waals surface area contributed by atoms with E-state index in [2.05, 4.69) is 9.97 Å². The molecule has 0 radical (unpaired) electrons. The van der Waals surface area contributed by atoms with E-state index in [1.807, 2.05) is 0 Å². The van der Waals surface area contributed by atoms with Crippen molar-refractivity contribution in [1.29, 1.82) is 0 Å². The normalized spacial score (nSPS) is 27.3. The van der Waals surface area contributed by atoms with Crippen LogP contribution in [0.1, 0.15) is 36.8 Å². The lowest BCUT2D eigenvalue weighted by Gasteiger charge is -2.30. The second-order valence-corrected chi connectivity index (χ2v) is 7.45. The zero-order chi connectivity index (χ0) is 22.7. The lowest BCUT2D eigenvalue weighted by molar-refractivity contribution is -0.115. The van der Waals surface area contributed by atoms with E-state index in [0.717, 1.165) is 13.0 Å². The minimum atomic E-state index is -3.47. The molecule has 2 aromatic heterocycles. The zero-order valence-electron chi connectivity index (χ0n) is 16.0. The van der Waals surface area contributed by atoms with Crippen LogP contribution in [-0.4, -0.2) is 47.7 Å². The highest BCUT2D eigenvalue weighted by atomic mass is 19.3. The highest BCUT2D eigenvalue weighted by Gasteiger charge is 2.56. The van der Waals surface area contributed by atoms with Crippen molar-refractivity contribution in [3.8, 4) is 0 Å². The van der Waals surface area contributed by atoms with Gasteiger partial charge >= 0.3 is 0 Å². The van der Waals surface area contributed by atoms with Crippen LogP contribution < -0.4 is 5.73 Å². The quantitative estimate of drug-likeness (QED) is 0.455. The summed E-state index contributed by atoms with van der Waals surface area (Å²) in [6, 6.07) is 2.91. The number of aliphatic hydroxyl groups is 3. The fraction of sp³-hybridized carbons (Fsp3) is 0.368. The van der Waals surface area contributed by atoms with E-state index in [0.29, 0.717) is 11.5 Å². The third kappa shape index (κ3) is 3.22. The number of nitrogens with two attached hydrogens (primary N) is 1. The number of alkyl halides is 2. The molecule has 0 spiro atoms. The molecule has 0 bridgehead atoms. The molecule has 1 fully saturated rings. The molecule has 12 heteroatoms. The molecule has 4 rings (SSSR count). The first-order chi connectivity index (χ1) is 14.6. The van der Waals surface area contributed by atoms with Crippen LogP contribution in [0.4, 0.5) is 23.4 Å². The van der Waals surface area contributed by atoms with E-state index in [-0.39, 0.29) is 11.5 Å². The van der Waals surface area contributed by atoms with Gasteiger partial charge < -0.3 is 30.4 Å². The lowest BCUT2D eigenvalue weighted by Crippen LogP contribution is -2.47. The highest BCUT2D eigenvalue weighted by molar-refractivity contribution is 5.86. The molecule has 0 aliphatic carbocycles. The monoisotopic (exact) mass is 442 g/mol. The largest absolute Gasteiger partial charge is 0.385 e. The molecule has 1 saturated heterocycles. The molecular weight excluding hydrogens is 424 g/mol. The maximum absolute atomic E-state index is 14.5. The van der Waals surface area contributed by atoms with E-state index in [1.54, 1.807) is 6.07 Å². The summed E-state index contributed by atoms with van der Waals surface area (Å²) in [7, 11) is 0. The Morgan fingerprint density at radius 1 is 1.23 bits per heavy atom. The Morgan fingerprint density at radius 3 is 2.61 bits per heavy atom. The first kappa shape index (κ1) is 21.4. The van der Waals surface area contributed by atoms with Crippen molar-refractivity contribution in [1.82, 2.24) is 14.5 Å². The van der Waals surface area contributed by atoms with Crippen molar-refractivity contribution >= 4 is 16.9 Å². The van der Waals surface area contributed by atoms with Crippen LogP contribution in [0.5, 0.6) is 0 Å². The van der Waals surface area contributed by atoms with Crippen LogP contribution in [-0.2, 0) is 4.74 Å². The third-order valence-electron chi connectivity index (χ3n) is 5.53. The molecule has 1 aromatic carbocycles. The molecule has 31 heavy (non-hydrogen) atoms. The number of hydrogen-bond acceptors (Lipinski definition) is 7. The van der Waals surface area contributed by atoms with Crippen LogP contribution in [0, 0.1) is 11.6 Å². The van der Waals surface area contributed by atoms with Gasteiger partial charge in [0.2, 0.25) is 0 Å². The van der Waals surface area contributed by atoms with Crippen LogP contribution in [0.15, 0.2) is 30.7 Å². The third-order valence-corrected chi connectivity index (χ3v) is 5.53. The Labute approximate surface area is 172 Å². The number of benzene rings is 1. The first-order valence-electron chi connectivity index (χ1n) is 9.12. The number of aliphatic hydroxyl groups excluding tert-OH is 2. The Balaban J connectivity index is 1.73. The van der Waals surface area contributed by atoms with Gasteiger partial charge in [-0.05, 0) is 19.1 Å². The van der Waals surface area contributed by atoms with Crippen molar-refractivity contribution in [2.75, 3.05) is 5.73 Å².